The van der Waals surface area contributed by atoms with E-state index >= 15 is 0 Å². The zero-order valence-electron chi connectivity index (χ0n) is 9.46. The summed E-state index contributed by atoms with van der Waals surface area (Å²) in [5.41, 5.74) is 1.89. The van der Waals surface area contributed by atoms with Crippen LogP contribution in [-0.2, 0) is 0 Å². The van der Waals surface area contributed by atoms with E-state index in [0.29, 0.717) is 6.42 Å². The third-order valence-corrected chi connectivity index (χ3v) is 2.60. The lowest BCUT2D eigenvalue weighted by molar-refractivity contribution is -0.425. The van der Waals surface area contributed by atoms with Crippen molar-refractivity contribution in [2.75, 3.05) is 0 Å². The number of nitro groups is 1. The van der Waals surface area contributed by atoms with Gasteiger partial charge in [-0.3, -0.25) is 15.1 Å². The molecular formula is C13H12N2O2. The van der Waals surface area contributed by atoms with E-state index in [1.807, 2.05) is 24.3 Å². The maximum atomic E-state index is 10.8. The van der Waals surface area contributed by atoms with Crippen molar-refractivity contribution in [3.8, 4) is 0 Å². The zero-order chi connectivity index (χ0) is 12.3. The molecule has 0 N–H and O–H groups in total. The van der Waals surface area contributed by atoms with Gasteiger partial charge in [-0.25, -0.2) is 0 Å². The summed E-state index contributed by atoms with van der Waals surface area (Å²) >= 11 is 0. The molecule has 0 aliphatic heterocycles. The van der Waals surface area contributed by atoms with Crippen molar-refractivity contribution in [1.82, 2.24) is 4.98 Å². The van der Waals surface area contributed by atoms with E-state index in [-0.39, 0.29) is 10.6 Å². The number of nitrogens with zero attached hydrogens (tertiary/aromatic N) is 2. The van der Waals surface area contributed by atoms with Gasteiger partial charge in [0.05, 0.1) is 10.4 Å². The van der Waals surface area contributed by atoms with Gasteiger partial charge in [0.2, 0.25) is 5.70 Å². The molecule has 86 valence electrons. The third-order valence-electron chi connectivity index (χ3n) is 2.60. The van der Waals surface area contributed by atoms with Crippen LogP contribution in [0, 0.1) is 10.1 Å². The van der Waals surface area contributed by atoms with Gasteiger partial charge >= 0.3 is 0 Å². The van der Waals surface area contributed by atoms with Gasteiger partial charge in [0.25, 0.3) is 0 Å². The number of fused-ring (bicyclic) bond motifs is 1. The maximum absolute atomic E-state index is 10.8. The number of hydrogen-bond acceptors (Lipinski definition) is 3. The minimum Gasteiger partial charge on any atom is -0.259 e. The average Bonchev–Trinajstić information content (AvgIpc) is 2.35. The first kappa shape index (κ1) is 11.3. The topological polar surface area (TPSA) is 56.0 Å². The van der Waals surface area contributed by atoms with Gasteiger partial charge in [-0.05, 0) is 17.7 Å². The SMILES string of the molecule is CC/C(=C\c1ccnc2ccccc12)[N+](=O)[O-]. The van der Waals surface area contributed by atoms with Crippen molar-refractivity contribution in [2.24, 2.45) is 0 Å². The van der Waals surface area contributed by atoms with Gasteiger partial charge in [0.1, 0.15) is 0 Å². The minimum atomic E-state index is -0.338. The van der Waals surface area contributed by atoms with Gasteiger partial charge in [-0.1, -0.05) is 25.1 Å². The fourth-order valence-corrected chi connectivity index (χ4v) is 1.71. The number of para-hydroxylation sites is 1. The Bertz CT molecular complexity index is 585. The second-order valence-corrected chi connectivity index (χ2v) is 3.66. The summed E-state index contributed by atoms with van der Waals surface area (Å²) < 4.78 is 0. The summed E-state index contributed by atoms with van der Waals surface area (Å²) in [6, 6.07) is 9.41. The van der Waals surface area contributed by atoms with Crippen molar-refractivity contribution in [1.29, 1.82) is 0 Å². The number of rotatable bonds is 3. The van der Waals surface area contributed by atoms with Crippen molar-refractivity contribution in [2.45, 2.75) is 13.3 Å². The standard InChI is InChI=1S/C13H12N2O2/c1-2-11(15(16)17)9-10-7-8-14-13-6-4-3-5-12(10)13/h3-9H,2H2,1H3/b11-9+. The summed E-state index contributed by atoms with van der Waals surface area (Å²) in [5.74, 6) is 0. The van der Waals surface area contributed by atoms with Crippen LogP contribution in [0.4, 0.5) is 0 Å². The molecule has 0 fully saturated rings. The molecule has 4 heteroatoms. The van der Waals surface area contributed by atoms with Crippen LogP contribution >= 0.6 is 0 Å². The van der Waals surface area contributed by atoms with Crippen LogP contribution in [0.25, 0.3) is 17.0 Å². The lowest BCUT2D eigenvalue weighted by Gasteiger charge is -2.01. The zero-order valence-corrected chi connectivity index (χ0v) is 9.46. The predicted molar refractivity (Wildman–Crippen MR) is 67.0 cm³/mol. The summed E-state index contributed by atoms with van der Waals surface area (Å²) in [6.45, 7) is 1.78. The van der Waals surface area contributed by atoms with Gasteiger partial charge < -0.3 is 0 Å². The molecule has 0 saturated carbocycles. The van der Waals surface area contributed by atoms with E-state index in [2.05, 4.69) is 4.98 Å². The third kappa shape index (κ3) is 2.30. The second kappa shape index (κ2) is 4.74. The smallest absolute Gasteiger partial charge is 0.246 e. The van der Waals surface area contributed by atoms with E-state index < -0.39 is 0 Å². The highest BCUT2D eigenvalue weighted by atomic mass is 16.6. The molecule has 0 aliphatic rings. The van der Waals surface area contributed by atoms with E-state index in [9.17, 15) is 10.1 Å². The molecule has 0 amide bonds. The van der Waals surface area contributed by atoms with Crippen LogP contribution in [0.1, 0.15) is 18.9 Å². The van der Waals surface area contributed by atoms with Crippen molar-refractivity contribution in [3.63, 3.8) is 0 Å². The lowest BCUT2D eigenvalue weighted by Crippen LogP contribution is -1.96. The number of benzene rings is 1. The molecule has 0 bridgehead atoms. The summed E-state index contributed by atoms with van der Waals surface area (Å²) in [5, 5.41) is 11.7. The van der Waals surface area contributed by atoms with Crippen LogP contribution in [0.15, 0.2) is 42.2 Å². The first-order valence-corrected chi connectivity index (χ1v) is 5.41. The lowest BCUT2D eigenvalue weighted by atomic mass is 10.1. The average molecular weight is 228 g/mol. The number of pyridine rings is 1. The molecule has 2 rings (SSSR count). The van der Waals surface area contributed by atoms with Gasteiger partial charge in [0, 0.05) is 24.1 Å². The number of aromatic nitrogens is 1. The Morgan fingerprint density at radius 2 is 2.18 bits per heavy atom. The Labute approximate surface area is 98.8 Å². The monoisotopic (exact) mass is 228 g/mol. The van der Waals surface area contributed by atoms with E-state index in [1.165, 1.54) is 0 Å². The highest BCUT2D eigenvalue weighted by molar-refractivity contribution is 5.87. The molecule has 2 aromatic rings. The molecular weight excluding hydrogens is 216 g/mol. The fourth-order valence-electron chi connectivity index (χ4n) is 1.71. The molecule has 1 heterocycles. The molecule has 0 atom stereocenters. The van der Waals surface area contributed by atoms with E-state index in [1.54, 1.807) is 25.3 Å². The molecule has 0 saturated heterocycles. The van der Waals surface area contributed by atoms with Gasteiger partial charge in [-0.2, -0.15) is 0 Å². The van der Waals surface area contributed by atoms with Crippen molar-refractivity contribution in [3.05, 3.63) is 57.9 Å². The highest BCUT2D eigenvalue weighted by Crippen LogP contribution is 2.19. The van der Waals surface area contributed by atoms with Gasteiger partial charge in [-0.15, -0.1) is 0 Å². The Morgan fingerprint density at radius 3 is 2.88 bits per heavy atom. The fraction of sp³-hybridized carbons (Fsp3) is 0.154. The van der Waals surface area contributed by atoms with Crippen LogP contribution in [0.5, 0.6) is 0 Å². The highest BCUT2D eigenvalue weighted by Gasteiger charge is 2.08. The Balaban J connectivity index is 2.59. The molecule has 1 aromatic heterocycles. The Hall–Kier alpha value is -2.23. The summed E-state index contributed by atoms with van der Waals surface area (Å²) in [4.78, 5) is 14.7. The largest absolute Gasteiger partial charge is 0.259 e. The normalized spacial score (nSPS) is 11.7. The molecule has 17 heavy (non-hydrogen) atoms. The van der Waals surface area contributed by atoms with Crippen LogP contribution in [0.3, 0.4) is 0 Å². The van der Waals surface area contributed by atoms with Crippen molar-refractivity contribution >= 4 is 17.0 Å². The molecule has 0 unspecified atom stereocenters. The van der Waals surface area contributed by atoms with E-state index in [4.69, 9.17) is 0 Å². The van der Waals surface area contributed by atoms with E-state index in [0.717, 1.165) is 16.5 Å². The summed E-state index contributed by atoms with van der Waals surface area (Å²) in [7, 11) is 0. The van der Waals surface area contributed by atoms with Gasteiger partial charge in [0.15, 0.2) is 0 Å². The number of hydrogen-bond donors (Lipinski definition) is 0. The molecule has 4 nitrogen and oxygen atoms in total. The van der Waals surface area contributed by atoms with Crippen LogP contribution in [-0.4, -0.2) is 9.91 Å². The molecule has 0 spiro atoms. The number of allylic oxidation sites excluding steroid dienone is 1. The second-order valence-electron chi connectivity index (χ2n) is 3.66. The predicted octanol–water partition coefficient (Wildman–Crippen LogP) is 3.26. The quantitative estimate of drug-likeness (QED) is 0.598. The first-order chi connectivity index (χ1) is 8.22. The molecule has 1 aromatic carbocycles. The van der Waals surface area contributed by atoms with Crippen molar-refractivity contribution < 1.29 is 4.92 Å². The Morgan fingerprint density at radius 1 is 1.41 bits per heavy atom. The van der Waals surface area contributed by atoms with Crippen LogP contribution < -0.4 is 0 Å². The maximum Gasteiger partial charge on any atom is 0.246 e. The first-order valence-electron chi connectivity index (χ1n) is 5.41. The Kier molecular flexibility index (Phi) is 3.14. The minimum absolute atomic E-state index is 0.210. The molecule has 0 aliphatic carbocycles. The summed E-state index contributed by atoms with van der Waals surface area (Å²) in [6.07, 6.45) is 3.69. The molecule has 0 radical (unpaired) electrons. The van der Waals surface area contributed by atoms with Crippen LogP contribution in [0.2, 0.25) is 0 Å².